The van der Waals surface area contributed by atoms with E-state index in [4.69, 9.17) is 11.6 Å². The van der Waals surface area contributed by atoms with Crippen LogP contribution in [0.4, 0.5) is 8.78 Å². The lowest BCUT2D eigenvalue weighted by atomic mass is 10.2. The Labute approximate surface area is 101 Å². The van der Waals surface area contributed by atoms with Gasteiger partial charge in [0.05, 0.1) is 5.69 Å². The molecule has 0 atom stereocenters. The van der Waals surface area contributed by atoms with Gasteiger partial charge < -0.3 is 5.11 Å². The molecule has 0 saturated carbocycles. The number of benzene rings is 1. The van der Waals surface area contributed by atoms with Gasteiger partial charge in [0.25, 0.3) is 0 Å². The van der Waals surface area contributed by atoms with E-state index >= 15 is 0 Å². The van der Waals surface area contributed by atoms with Crippen molar-refractivity contribution < 1.29 is 13.9 Å². The van der Waals surface area contributed by atoms with Crippen LogP contribution in [0.25, 0.3) is 11.4 Å². The molecular formula is C11H7ClF2N2O. The minimum absolute atomic E-state index is 0.0590. The van der Waals surface area contributed by atoms with Gasteiger partial charge in [0.15, 0.2) is 16.8 Å². The van der Waals surface area contributed by atoms with E-state index in [2.05, 4.69) is 9.97 Å². The fraction of sp³-hybridized carbons (Fsp3) is 0.0909. The Balaban J connectivity index is 2.60. The lowest BCUT2D eigenvalue weighted by molar-refractivity contribution is 0.469. The molecular weight excluding hydrogens is 250 g/mol. The van der Waals surface area contributed by atoms with Crippen molar-refractivity contribution in [1.29, 1.82) is 0 Å². The molecule has 17 heavy (non-hydrogen) atoms. The van der Waals surface area contributed by atoms with Crippen LogP contribution in [0.2, 0.25) is 5.15 Å². The first kappa shape index (κ1) is 11.7. The van der Waals surface area contributed by atoms with E-state index in [-0.39, 0.29) is 28.0 Å². The van der Waals surface area contributed by atoms with Crippen molar-refractivity contribution in [2.75, 3.05) is 0 Å². The van der Waals surface area contributed by atoms with Crippen LogP contribution in [-0.4, -0.2) is 15.1 Å². The molecule has 0 aliphatic rings. The molecule has 0 saturated heterocycles. The highest BCUT2D eigenvalue weighted by molar-refractivity contribution is 6.29. The summed E-state index contributed by atoms with van der Waals surface area (Å²) in [6, 6.07) is 3.34. The average molecular weight is 257 g/mol. The normalized spacial score (nSPS) is 10.6. The first-order chi connectivity index (χ1) is 7.97. The molecule has 88 valence electrons. The molecule has 0 aliphatic carbocycles. The molecule has 0 spiro atoms. The average Bonchev–Trinajstić information content (AvgIpc) is 2.23. The van der Waals surface area contributed by atoms with Gasteiger partial charge in [-0.3, -0.25) is 0 Å². The van der Waals surface area contributed by atoms with Crippen molar-refractivity contribution in [2.24, 2.45) is 0 Å². The largest absolute Gasteiger partial charge is 0.508 e. The first-order valence-electron chi connectivity index (χ1n) is 4.67. The zero-order valence-electron chi connectivity index (χ0n) is 8.71. The Morgan fingerprint density at radius 3 is 2.47 bits per heavy atom. The number of hydrogen-bond donors (Lipinski definition) is 1. The van der Waals surface area contributed by atoms with Gasteiger partial charge in [0.1, 0.15) is 11.6 Å². The van der Waals surface area contributed by atoms with Crippen LogP contribution in [0, 0.1) is 18.6 Å². The summed E-state index contributed by atoms with van der Waals surface area (Å²) in [5, 5.41) is 8.91. The molecule has 0 amide bonds. The molecule has 2 rings (SSSR count). The molecule has 0 bridgehead atoms. The molecule has 3 nitrogen and oxygen atoms in total. The molecule has 1 aromatic heterocycles. The topological polar surface area (TPSA) is 46.0 Å². The summed E-state index contributed by atoms with van der Waals surface area (Å²) < 4.78 is 26.3. The second kappa shape index (κ2) is 4.25. The van der Waals surface area contributed by atoms with Gasteiger partial charge in [-0.2, -0.15) is 0 Å². The van der Waals surface area contributed by atoms with Crippen molar-refractivity contribution in [1.82, 2.24) is 9.97 Å². The molecule has 0 unspecified atom stereocenters. The highest BCUT2D eigenvalue weighted by Crippen LogP contribution is 2.24. The Kier molecular flexibility index (Phi) is 2.93. The summed E-state index contributed by atoms with van der Waals surface area (Å²) in [7, 11) is 0. The van der Waals surface area contributed by atoms with Crippen LogP contribution in [0.5, 0.6) is 5.75 Å². The molecule has 1 N–H and O–H groups in total. The second-order valence-electron chi connectivity index (χ2n) is 3.44. The van der Waals surface area contributed by atoms with Crippen LogP contribution in [0.15, 0.2) is 18.2 Å². The zero-order chi connectivity index (χ0) is 12.6. The van der Waals surface area contributed by atoms with E-state index in [1.165, 1.54) is 13.0 Å². The molecule has 0 aliphatic heterocycles. The molecule has 1 heterocycles. The third kappa shape index (κ3) is 2.34. The summed E-state index contributed by atoms with van der Waals surface area (Å²) >= 11 is 5.57. The van der Waals surface area contributed by atoms with Gasteiger partial charge in [-0.15, -0.1) is 0 Å². The Morgan fingerprint density at radius 1 is 1.18 bits per heavy atom. The van der Waals surface area contributed by atoms with Crippen LogP contribution in [0.1, 0.15) is 5.69 Å². The number of aryl methyl sites for hydroxylation is 1. The lowest BCUT2D eigenvalue weighted by Crippen LogP contribution is -1.97. The van der Waals surface area contributed by atoms with Crippen molar-refractivity contribution in [3.8, 4) is 17.1 Å². The van der Waals surface area contributed by atoms with Crippen LogP contribution in [-0.2, 0) is 0 Å². The number of nitrogens with zero attached hydrogens (tertiary/aromatic N) is 2. The van der Waals surface area contributed by atoms with Gasteiger partial charge in [-0.1, -0.05) is 11.6 Å². The first-order valence-corrected chi connectivity index (χ1v) is 5.04. The number of hydrogen-bond acceptors (Lipinski definition) is 3. The van der Waals surface area contributed by atoms with Crippen molar-refractivity contribution in [2.45, 2.75) is 6.92 Å². The van der Waals surface area contributed by atoms with Crippen molar-refractivity contribution >= 4 is 11.6 Å². The molecule has 0 fully saturated rings. The van der Waals surface area contributed by atoms with Crippen LogP contribution >= 0.6 is 11.6 Å². The van der Waals surface area contributed by atoms with Crippen LogP contribution < -0.4 is 0 Å². The molecule has 2 aromatic rings. The van der Waals surface area contributed by atoms with E-state index < -0.39 is 11.6 Å². The SMILES string of the molecule is Cc1nc(-c2cc(O)cc(F)c2)nc(Cl)c1F. The number of aromatic hydroxyl groups is 1. The fourth-order valence-electron chi connectivity index (χ4n) is 1.36. The standard InChI is InChI=1S/C11H7ClF2N2O/c1-5-9(14)10(12)16-11(15-5)6-2-7(13)4-8(17)3-6/h2-4,17H,1H3. The lowest BCUT2D eigenvalue weighted by Gasteiger charge is -2.04. The summed E-state index contributed by atoms with van der Waals surface area (Å²) in [5.74, 6) is -1.55. The third-order valence-corrected chi connectivity index (χ3v) is 2.37. The van der Waals surface area contributed by atoms with E-state index in [1.807, 2.05) is 0 Å². The number of phenolic OH excluding ortho intramolecular Hbond substituents is 1. The quantitative estimate of drug-likeness (QED) is 0.798. The molecule has 1 aromatic carbocycles. The number of rotatable bonds is 1. The minimum atomic E-state index is -0.712. The van der Waals surface area contributed by atoms with Gasteiger partial charge in [-0.25, -0.2) is 18.7 Å². The van der Waals surface area contributed by atoms with Gasteiger partial charge in [0.2, 0.25) is 0 Å². The monoisotopic (exact) mass is 256 g/mol. The number of aromatic nitrogens is 2. The molecule has 6 heteroatoms. The predicted molar refractivity (Wildman–Crippen MR) is 58.8 cm³/mol. The maximum atomic E-state index is 13.2. The van der Waals surface area contributed by atoms with Crippen molar-refractivity contribution in [3.05, 3.63) is 40.7 Å². The van der Waals surface area contributed by atoms with Crippen molar-refractivity contribution in [3.63, 3.8) is 0 Å². The highest BCUT2D eigenvalue weighted by atomic mass is 35.5. The second-order valence-corrected chi connectivity index (χ2v) is 3.79. The minimum Gasteiger partial charge on any atom is -0.508 e. The van der Waals surface area contributed by atoms with E-state index in [1.54, 1.807) is 0 Å². The summed E-state index contributed by atoms with van der Waals surface area (Å²) in [6.45, 7) is 1.42. The smallest absolute Gasteiger partial charge is 0.181 e. The van der Waals surface area contributed by atoms with Crippen LogP contribution in [0.3, 0.4) is 0 Å². The van der Waals surface area contributed by atoms with E-state index in [9.17, 15) is 13.9 Å². The van der Waals surface area contributed by atoms with Gasteiger partial charge >= 0.3 is 0 Å². The Morgan fingerprint density at radius 2 is 1.88 bits per heavy atom. The maximum absolute atomic E-state index is 13.2. The third-order valence-electron chi connectivity index (χ3n) is 2.12. The molecule has 0 radical (unpaired) electrons. The number of phenols is 1. The zero-order valence-corrected chi connectivity index (χ0v) is 9.46. The Hall–Kier alpha value is -1.75. The number of halogens is 3. The predicted octanol–water partition coefficient (Wildman–Crippen LogP) is 3.09. The van der Waals surface area contributed by atoms with Gasteiger partial charge in [-0.05, 0) is 19.1 Å². The maximum Gasteiger partial charge on any atom is 0.181 e. The Bertz CT molecular complexity index is 546. The van der Waals surface area contributed by atoms with Gasteiger partial charge in [0, 0.05) is 11.6 Å². The summed E-state index contributed by atoms with van der Waals surface area (Å²) in [6.07, 6.45) is 0. The van der Waals surface area contributed by atoms with E-state index in [0.29, 0.717) is 0 Å². The summed E-state index contributed by atoms with van der Waals surface area (Å²) in [5.41, 5.74) is 0.288. The fourth-order valence-corrected chi connectivity index (χ4v) is 1.57. The summed E-state index contributed by atoms with van der Waals surface area (Å²) in [4.78, 5) is 7.53. The highest BCUT2D eigenvalue weighted by Gasteiger charge is 2.12. The van der Waals surface area contributed by atoms with E-state index in [0.717, 1.165) is 12.1 Å².